The van der Waals surface area contributed by atoms with Crippen LogP contribution in [0.25, 0.3) is 0 Å². The predicted molar refractivity (Wildman–Crippen MR) is 133 cm³/mol. The number of fused-ring (bicyclic) bond motifs is 1. The van der Waals surface area contributed by atoms with Gasteiger partial charge in [-0.15, -0.1) is 0 Å². The topological polar surface area (TPSA) is 87.7 Å². The number of ether oxygens (including phenoxy) is 1. The van der Waals surface area contributed by atoms with Crippen molar-refractivity contribution in [1.29, 1.82) is 0 Å². The van der Waals surface area contributed by atoms with E-state index in [0.717, 1.165) is 23.3 Å². The molecule has 0 bridgehead atoms. The van der Waals surface area contributed by atoms with Gasteiger partial charge in [0.15, 0.2) is 0 Å². The Morgan fingerprint density at radius 2 is 1.81 bits per heavy atom. The SMILES string of the molecule is COCCNC(=O)[C@@H](c1ccc(F)cc1F)N1C(=O)C(C2Cc3ccccc3C2)NC(=O)[C@H]1CC(C)C. The van der Waals surface area contributed by atoms with E-state index in [9.17, 15) is 18.8 Å². The Morgan fingerprint density at radius 3 is 2.41 bits per heavy atom. The number of methoxy groups -OCH3 is 1. The molecule has 2 aliphatic rings. The fourth-order valence-corrected chi connectivity index (χ4v) is 5.39. The third kappa shape index (κ3) is 5.66. The van der Waals surface area contributed by atoms with Gasteiger partial charge < -0.3 is 20.3 Å². The highest BCUT2D eigenvalue weighted by atomic mass is 19.1. The van der Waals surface area contributed by atoms with Crippen molar-refractivity contribution < 1.29 is 27.9 Å². The van der Waals surface area contributed by atoms with Gasteiger partial charge in [0.05, 0.1) is 6.61 Å². The molecule has 2 aromatic rings. The molecule has 198 valence electrons. The molecule has 3 atom stereocenters. The molecule has 2 aromatic carbocycles. The van der Waals surface area contributed by atoms with Gasteiger partial charge in [-0.1, -0.05) is 44.2 Å². The van der Waals surface area contributed by atoms with Gasteiger partial charge in [-0.05, 0) is 48.3 Å². The van der Waals surface area contributed by atoms with Crippen molar-refractivity contribution in [3.63, 3.8) is 0 Å². The van der Waals surface area contributed by atoms with Gasteiger partial charge in [0.2, 0.25) is 17.7 Å². The molecule has 1 saturated heterocycles. The number of halogens is 2. The predicted octanol–water partition coefficient (Wildman–Crippen LogP) is 2.93. The summed E-state index contributed by atoms with van der Waals surface area (Å²) in [7, 11) is 1.48. The van der Waals surface area contributed by atoms with Crippen LogP contribution in [0.5, 0.6) is 0 Å². The number of benzene rings is 2. The van der Waals surface area contributed by atoms with Crippen LogP contribution in [0.15, 0.2) is 42.5 Å². The number of hydrogen-bond acceptors (Lipinski definition) is 4. The second-order valence-corrected chi connectivity index (χ2v) is 10.2. The molecular formula is C28H33F2N3O4. The summed E-state index contributed by atoms with van der Waals surface area (Å²) in [5.74, 6) is -3.44. The number of nitrogens with zero attached hydrogens (tertiary/aromatic N) is 1. The molecule has 9 heteroatoms. The van der Waals surface area contributed by atoms with Crippen molar-refractivity contribution in [3.8, 4) is 0 Å². The van der Waals surface area contributed by atoms with Gasteiger partial charge in [0, 0.05) is 25.3 Å². The first-order valence-corrected chi connectivity index (χ1v) is 12.6. The summed E-state index contributed by atoms with van der Waals surface area (Å²) in [6.45, 7) is 4.14. The molecule has 0 spiro atoms. The number of carbonyl (C=O) groups excluding carboxylic acids is 3. The van der Waals surface area contributed by atoms with E-state index in [1.54, 1.807) is 0 Å². The molecule has 0 aromatic heterocycles. The van der Waals surface area contributed by atoms with E-state index in [4.69, 9.17) is 4.74 Å². The van der Waals surface area contributed by atoms with Crippen molar-refractivity contribution in [2.75, 3.05) is 20.3 Å². The standard InChI is InChI=1S/C28H33F2N3O4/c1-16(2)12-23-26(34)32-24(19-13-17-6-4-5-7-18(17)14-19)28(36)33(23)25(27(35)31-10-11-37-3)21-9-8-20(29)15-22(21)30/h4-9,15-16,19,23-25H,10-14H2,1-3H3,(H,31,35)(H,32,34)/t23-,24?,25-/m1/s1. The Labute approximate surface area is 215 Å². The van der Waals surface area contributed by atoms with E-state index in [-0.39, 0.29) is 42.9 Å². The van der Waals surface area contributed by atoms with E-state index in [2.05, 4.69) is 10.6 Å². The van der Waals surface area contributed by atoms with Crippen LogP contribution in [-0.4, -0.2) is 55.0 Å². The number of amides is 3. The van der Waals surface area contributed by atoms with Crippen molar-refractivity contribution in [3.05, 3.63) is 70.8 Å². The molecule has 0 saturated carbocycles. The van der Waals surface area contributed by atoms with Crippen LogP contribution in [0.3, 0.4) is 0 Å². The molecule has 1 unspecified atom stereocenters. The minimum Gasteiger partial charge on any atom is -0.383 e. The minimum absolute atomic E-state index is 0.00797. The van der Waals surface area contributed by atoms with Crippen LogP contribution in [0, 0.1) is 23.5 Å². The van der Waals surface area contributed by atoms with Gasteiger partial charge in [0.1, 0.15) is 29.8 Å². The summed E-state index contributed by atoms with van der Waals surface area (Å²) in [6, 6.07) is 7.45. The summed E-state index contributed by atoms with van der Waals surface area (Å²) >= 11 is 0. The second-order valence-electron chi connectivity index (χ2n) is 10.2. The third-order valence-electron chi connectivity index (χ3n) is 7.09. The van der Waals surface area contributed by atoms with Crippen LogP contribution in [-0.2, 0) is 32.0 Å². The maximum Gasteiger partial charge on any atom is 0.247 e. The molecule has 0 radical (unpaired) electrons. The molecule has 2 N–H and O–H groups in total. The lowest BCUT2D eigenvalue weighted by Gasteiger charge is -2.44. The molecule has 1 heterocycles. The van der Waals surface area contributed by atoms with Crippen molar-refractivity contribution in [1.82, 2.24) is 15.5 Å². The molecule has 37 heavy (non-hydrogen) atoms. The summed E-state index contributed by atoms with van der Waals surface area (Å²) in [5.41, 5.74) is 2.06. The summed E-state index contributed by atoms with van der Waals surface area (Å²) in [4.78, 5) is 42.3. The quantitative estimate of drug-likeness (QED) is 0.505. The Kier molecular flexibility index (Phi) is 8.22. The number of carbonyl (C=O) groups is 3. The monoisotopic (exact) mass is 513 g/mol. The van der Waals surface area contributed by atoms with Crippen LogP contribution < -0.4 is 10.6 Å². The molecule has 1 aliphatic carbocycles. The first kappa shape index (κ1) is 26.7. The molecule has 4 rings (SSSR count). The summed E-state index contributed by atoms with van der Waals surface area (Å²) < 4.78 is 33.9. The summed E-state index contributed by atoms with van der Waals surface area (Å²) in [5, 5.41) is 5.59. The zero-order valence-electron chi connectivity index (χ0n) is 21.3. The highest BCUT2D eigenvalue weighted by molar-refractivity contribution is 6.00. The van der Waals surface area contributed by atoms with Gasteiger partial charge >= 0.3 is 0 Å². The van der Waals surface area contributed by atoms with E-state index < -0.39 is 41.6 Å². The molecule has 1 fully saturated rings. The lowest BCUT2D eigenvalue weighted by Crippen LogP contribution is -2.67. The smallest absolute Gasteiger partial charge is 0.247 e. The second kappa shape index (κ2) is 11.4. The van der Waals surface area contributed by atoms with Crippen molar-refractivity contribution in [2.24, 2.45) is 11.8 Å². The highest BCUT2D eigenvalue weighted by Crippen LogP contribution is 2.36. The van der Waals surface area contributed by atoms with Gasteiger partial charge in [-0.25, -0.2) is 8.78 Å². The summed E-state index contributed by atoms with van der Waals surface area (Å²) in [6.07, 6.45) is 1.48. The van der Waals surface area contributed by atoms with Gasteiger partial charge in [-0.2, -0.15) is 0 Å². The maximum absolute atomic E-state index is 15.1. The minimum atomic E-state index is -1.45. The van der Waals surface area contributed by atoms with E-state index >= 15 is 4.39 Å². The number of hydrogen-bond donors (Lipinski definition) is 2. The van der Waals surface area contributed by atoms with Crippen LogP contribution in [0.4, 0.5) is 8.78 Å². The Balaban J connectivity index is 1.75. The number of nitrogens with one attached hydrogen (secondary N) is 2. The van der Waals surface area contributed by atoms with E-state index in [1.807, 2.05) is 38.1 Å². The normalized spacial score (nSPS) is 20.6. The zero-order chi connectivity index (χ0) is 26.7. The number of rotatable bonds is 9. The average molecular weight is 514 g/mol. The van der Waals surface area contributed by atoms with Crippen molar-refractivity contribution >= 4 is 17.7 Å². The van der Waals surface area contributed by atoms with Crippen molar-refractivity contribution in [2.45, 2.75) is 51.2 Å². The first-order valence-electron chi connectivity index (χ1n) is 12.6. The molecule has 7 nitrogen and oxygen atoms in total. The fourth-order valence-electron chi connectivity index (χ4n) is 5.39. The molecular weight excluding hydrogens is 480 g/mol. The van der Waals surface area contributed by atoms with Crippen LogP contribution in [0.2, 0.25) is 0 Å². The van der Waals surface area contributed by atoms with E-state index in [0.29, 0.717) is 18.9 Å². The fraction of sp³-hybridized carbons (Fsp3) is 0.464. The molecule has 3 amide bonds. The lowest BCUT2D eigenvalue weighted by molar-refractivity contribution is -0.158. The Hall–Kier alpha value is -3.33. The lowest BCUT2D eigenvalue weighted by atomic mass is 9.88. The highest BCUT2D eigenvalue weighted by Gasteiger charge is 2.49. The van der Waals surface area contributed by atoms with E-state index in [1.165, 1.54) is 12.0 Å². The average Bonchev–Trinajstić information content (AvgIpc) is 3.28. The first-order chi connectivity index (χ1) is 17.7. The van der Waals surface area contributed by atoms with Gasteiger partial charge in [-0.3, -0.25) is 14.4 Å². The van der Waals surface area contributed by atoms with Crippen LogP contribution >= 0.6 is 0 Å². The molecule has 1 aliphatic heterocycles. The van der Waals surface area contributed by atoms with Gasteiger partial charge in [0.25, 0.3) is 0 Å². The van der Waals surface area contributed by atoms with Crippen LogP contribution in [0.1, 0.15) is 43.0 Å². The zero-order valence-corrected chi connectivity index (χ0v) is 21.3. The Bertz CT molecular complexity index is 1150. The largest absolute Gasteiger partial charge is 0.383 e. The number of piperazine rings is 1. The third-order valence-corrected chi connectivity index (χ3v) is 7.09. The Morgan fingerprint density at radius 1 is 1.14 bits per heavy atom. The maximum atomic E-state index is 15.1.